The van der Waals surface area contributed by atoms with Crippen LogP contribution in [0.1, 0.15) is 33.8 Å². The molecule has 0 saturated heterocycles. The molecule has 7 heteroatoms. The zero-order valence-corrected chi connectivity index (χ0v) is 14.4. The minimum absolute atomic E-state index is 0.0473. The summed E-state index contributed by atoms with van der Waals surface area (Å²) in [5, 5.41) is 3.88. The van der Waals surface area contributed by atoms with Gasteiger partial charge in [-0.3, -0.25) is 10.1 Å². The van der Waals surface area contributed by atoms with Crippen LogP contribution >= 0.6 is 11.3 Å². The first kappa shape index (κ1) is 15.8. The third-order valence-corrected chi connectivity index (χ3v) is 5.33. The van der Waals surface area contributed by atoms with Crippen molar-refractivity contribution < 1.29 is 13.9 Å². The maximum absolute atomic E-state index is 12.5. The lowest BCUT2D eigenvalue weighted by Crippen LogP contribution is -2.20. The molecule has 4 rings (SSSR count). The molecule has 1 amide bonds. The summed E-state index contributed by atoms with van der Waals surface area (Å²) in [6.45, 7) is 0. The molecular weight excluding hydrogens is 340 g/mol. The summed E-state index contributed by atoms with van der Waals surface area (Å²) in [5.74, 6) is -0.0567. The Morgan fingerprint density at radius 2 is 2.16 bits per heavy atom. The molecule has 6 nitrogen and oxygen atoms in total. The van der Waals surface area contributed by atoms with Crippen LogP contribution in [-0.2, 0) is 12.8 Å². The molecule has 0 saturated carbocycles. The fourth-order valence-electron chi connectivity index (χ4n) is 3.01. The Bertz CT molecular complexity index is 998. The molecule has 3 aromatic rings. The monoisotopic (exact) mass is 356 g/mol. The van der Waals surface area contributed by atoms with Gasteiger partial charge in [0.2, 0.25) is 0 Å². The van der Waals surface area contributed by atoms with Crippen LogP contribution in [0.5, 0.6) is 5.75 Å². The Morgan fingerprint density at radius 3 is 2.96 bits per heavy atom. The molecule has 0 atom stereocenters. The molecule has 2 heterocycles. The lowest BCUT2D eigenvalue weighted by Gasteiger charge is -2.06. The maximum atomic E-state index is 12.5. The van der Waals surface area contributed by atoms with E-state index in [1.165, 1.54) is 29.4 Å². The predicted molar refractivity (Wildman–Crippen MR) is 95.7 cm³/mol. The summed E-state index contributed by atoms with van der Waals surface area (Å²) in [5.41, 5.74) is 0.642. The number of ether oxygens (including phenoxy) is 1. The fraction of sp³-hybridized carbons (Fsp3) is 0.278. The molecule has 25 heavy (non-hydrogen) atoms. The first-order valence-electron chi connectivity index (χ1n) is 8.06. The fourth-order valence-corrected chi connectivity index (χ4v) is 4.05. The Kier molecular flexibility index (Phi) is 4.01. The number of aryl methyl sites for hydroxylation is 2. The van der Waals surface area contributed by atoms with Crippen LogP contribution in [0.4, 0.5) is 5.13 Å². The summed E-state index contributed by atoms with van der Waals surface area (Å²) < 4.78 is 10.5. The van der Waals surface area contributed by atoms with Gasteiger partial charge in [-0.2, -0.15) is 0 Å². The lowest BCUT2D eigenvalue weighted by atomic mass is 10.0. The Labute approximate surface area is 147 Å². The summed E-state index contributed by atoms with van der Waals surface area (Å²) >= 11 is 1.48. The van der Waals surface area contributed by atoms with E-state index >= 15 is 0 Å². The smallest absolute Gasteiger partial charge is 0.349 e. The summed E-state index contributed by atoms with van der Waals surface area (Å²) in [4.78, 5) is 30.4. The molecule has 0 unspecified atom stereocenters. The van der Waals surface area contributed by atoms with Crippen molar-refractivity contribution in [2.45, 2.75) is 25.7 Å². The summed E-state index contributed by atoms with van der Waals surface area (Å²) in [7, 11) is 1.50. The summed E-state index contributed by atoms with van der Waals surface area (Å²) in [6, 6.07) is 6.76. The lowest BCUT2D eigenvalue weighted by molar-refractivity contribution is 0.102. The van der Waals surface area contributed by atoms with Crippen LogP contribution in [0.25, 0.3) is 11.0 Å². The first-order valence-corrected chi connectivity index (χ1v) is 8.88. The number of carbonyl (C=O) groups is 1. The number of amides is 1. The Balaban J connectivity index is 1.67. The van der Waals surface area contributed by atoms with Gasteiger partial charge in [-0.15, -0.1) is 11.3 Å². The highest BCUT2D eigenvalue weighted by molar-refractivity contribution is 7.15. The van der Waals surface area contributed by atoms with E-state index in [-0.39, 0.29) is 5.56 Å². The van der Waals surface area contributed by atoms with E-state index in [1.54, 1.807) is 18.2 Å². The average Bonchev–Trinajstić information content (AvgIpc) is 3.02. The standard InChI is InChI=1S/C18H16N2O4S/c1-23-13-7-4-5-10-9-11(17(22)24-15(10)13)16(21)20-18-19-12-6-2-3-8-14(12)25-18/h4-5,7,9H,2-3,6,8H2,1H3,(H,19,20,21). The topological polar surface area (TPSA) is 81.4 Å². The summed E-state index contributed by atoms with van der Waals surface area (Å²) in [6.07, 6.45) is 4.22. The minimum atomic E-state index is -0.698. The number of nitrogens with zero attached hydrogens (tertiary/aromatic N) is 1. The van der Waals surface area contributed by atoms with E-state index in [4.69, 9.17) is 9.15 Å². The van der Waals surface area contributed by atoms with Gasteiger partial charge in [0.15, 0.2) is 16.5 Å². The van der Waals surface area contributed by atoms with Gasteiger partial charge in [0.05, 0.1) is 12.8 Å². The number of fused-ring (bicyclic) bond motifs is 2. The molecule has 0 radical (unpaired) electrons. The SMILES string of the molecule is COc1cccc2cc(C(=O)Nc3nc4c(s3)CCCC4)c(=O)oc12. The highest BCUT2D eigenvalue weighted by Crippen LogP contribution is 2.30. The van der Waals surface area contributed by atoms with Crippen molar-refractivity contribution in [1.29, 1.82) is 0 Å². The number of hydrogen-bond acceptors (Lipinski definition) is 6. The van der Waals surface area contributed by atoms with Gasteiger partial charge in [0.1, 0.15) is 5.56 Å². The molecule has 1 N–H and O–H groups in total. The van der Waals surface area contributed by atoms with E-state index in [9.17, 15) is 9.59 Å². The van der Waals surface area contributed by atoms with Gasteiger partial charge in [-0.25, -0.2) is 9.78 Å². The molecule has 1 aliphatic rings. The number of nitrogens with one attached hydrogen (secondary N) is 1. The molecule has 1 aliphatic carbocycles. The number of carbonyl (C=O) groups excluding carboxylic acids is 1. The maximum Gasteiger partial charge on any atom is 0.349 e. The van der Waals surface area contributed by atoms with Crippen LogP contribution in [0.3, 0.4) is 0 Å². The van der Waals surface area contributed by atoms with Gasteiger partial charge in [0, 0.05) is 10.3 Å². The highest BCUT2D eigenvalue weighted by Gasteiger charge is 2.19. The number of anilines is 1. The van der Waals surface area contributed by atoms with Crippen molar-refractivity contribution in [3.8, 4) is 5.75 Å². The van der Waals surface area contributed by atoms with Crippen molar-refractivity contribution in [2.24, 2.45) is 0 Å². The molecule has 0 fully saturated rings. The van der Waals surface area contributed by atoms with Crippen LogP contribution in [0.15, 0.2) is 33.5 Å². The second-order valence-electron chi connectivity index (χ2n) is 5.88. The molecule has 0 spiro atoms. The van der Waals surface area contributed by atoms with Crippen molar-refractivity contribution in [3.05, 3.63) is 50.8 Å². The second kappa shape index (κ2) is 6.33. The molecule has 1 aromatic carbocycles. The normalized spacial score (nSPS) is 13.5. The highest BCUT2D eigenvalue weighted by atomic mass is 32.1. The van der Waals surface area contributed by atoms with Gasteiger partial charge in [-0.05, 0) is 37.8 Å². The number of aromatic nitrogens is 1. The predicted octanol–water partition coefficient (Wildman–Crippen LogP) is 3.39. The van der Waals surface area contributed by atoms with Crippen LogP contribution in [-0.4, -0.2) is 18.0 Å². The molecule has 0 aliphatic heterocycles. The molecule has 2 aromatic heterocycles. The van der Waals surface area contributed by atoms with Gasteiger partial charge in [0.25, 0.3) is 5.91 Å². The van der Waals surface area contributed by atoms with E-state index in [0.29, 0.717) is 21.9 Å². The number of methoxy groups -OCH3 is 1. The zero-order valence-electron chi connectivity index (χ0n) is 13.6. The number of rotatable bonds is 3. The Hall–Kier alpha value is -2.67. The number of thiazole rings is 1. The third-order valence-electron chi connectivity index (χ3n) is 4.25. The van der Waals surface area contributed by atoms with Crippen molar-refractivity contribution in [2.75, 3.05) is 12.4 Å². The van der Waals surface area contributed by atoms with E-state index in [1.807, 2.05) is 0 Å². The van der Waals surface area contributed by atoms with E-state index in [2.05, 4.69) is 10.3 Å². The van der Waals surface area contributed by atoms with Gasteiger partial charge in [-0.1, -0.05) is 12.1 Å². The van der Waals surface area contributed by atoms with Crippen molar-refractivity contribution >= 4 is 33.3 Å². The largest absolute Gasteiger partial charge is 0.493 e. The zero-order chi connectivity index (χ0) is 17.4. The Morgan fingerprint density at radius 1 is 1.32 bits per heavy atom. The minimum Gasteiger partial charge on any atom is -0.493 e. The molecule has 0 bridgehead atoms. The van der Waals surface area contributed by atoms with Crippen LogP contribution < -0.4 is 15.7 Å². The number of para-hydroxylation sites is 1. The van der Waals surface area contributed by atoms with E-state index in [0.717, 1.165) is 31.4 Å². The average molecular weight is 356 g/mol. The first-order chi connectivity index (χ1) is 12.2. The second-order valence-corrected chi connectivity index (χ2v) is 6.96. The number of benzene rings is 1. The number of hydrogen-bond donors (Lipinski definition) is 1. The quantitative estimate of drug-likeness (QED) is 0.728. The van der Waals surface area contributed by atoms with E-state index < -0.39 is 11.5 Å². The van der Waals surface area contributed by atoms with Crippen molar-refractivity contribution in [3.63, 3.8) is 0 Å². The van der Waals surface area contributed by atoms with Gasteiger partial charge < -0.3 is 9.15 Å². The molecule has 128 valence electrons. The molecular formula is C18H16N2O4S. The van der Waals surface area contributed by atoms with Gasteiger partial charge >= 0.3 is 5.63 Å². The van der Waals surface area contributed by atoms with Crippen LogP contribution in [0.2, 0.25) is 0 Å². The third kappa shape index (κ3) is 2.91. The van der Waals surface area contributed by atoms with Crippen molar-refractivity contribution in [1.82, 2.24) is 4.98 Å². The van der Waals surface area contributed by atoms with Crippen LogP contribution in [0, 0.1) is 0 Å².